The first kappa shape index (κ1) is 14.2. The first-order valence-corrected chi connectivity index (χ1v) is 7.88. The molecule has 0 atom stereocenters. The molecule has 84 valence electrons. The first-order chi connectivity index (χ1) is 6.74. The molecular formula is C8H19O4PSi. The van der Waals surface area contributed by atoms with Gasteiger partial charge in [0.05, 0.1) is 0 Å². The van der Waals surface area contributed by atoms with Crippen LogP contribution < -0.4 is 0 Å². The summed E-state index contributed by atoms with van der Waals surface area (Å²) >= 11 is 0. The highest BCUT2D eigenvalue weighted by Crippen LogP contribution is 2.18. The zero-order valence-corrected chi connectivity index (χ0v) is 11.0. The van der Waals surface area contributed by atoms with Gasteiger partial charge in [-0.05, 0) is 20.8 Å². The zero-order chi connectivity index (χ0) is 10.9. The Labute approximate surface area is 88.5 Å². The SMILES string of the molecule is CCO[Si](CCP=O)(OCC)OCC. The molecule has 0 aromatic heterocycles. The van der Waals surface area contributed by atoms with Crippen LogP contribution in [0.4, 0.5) is 0 Å². The number of hydrogen-bond donors (Lipinski definition) is 0. The molecule has 0 saturated carbocycles. The van der Waals surface area contributed by atoms with Crippen LogP contribution >= 0.6 is 8.46 Å². The van der Waals surface area contributed by atoms with Gasteiger partial charge in [-0.15, -0.1) is 0 Å². The van der Waals surface area contributed by atoms with E-state index in [-0.39, 0.29) is 8.46 Å². The largest absolute Gasteiger partial charge is 0.501 e. The summed E-state index contributed by atoms with van der Waals surface area (Å²) in [5, 5.41) is 0. The third-order valence-corrected chi connectivity index (χ3v) is 5.48. The molecule has 0 fully saturated rings. The second kappa shape index (κ2) is 8.50. The Balaban J connectivity index is 4.28. The maximum absolute atomic E-state index is 10.4. The van der Waals surface area contributed by atoms with E-state index in [1.165, 1.54) is 0 Å². The molecule has 6 heteroatoms. The molecule has 0 unspecified atom stereocenters. The summed E-state index contributed by atoms with van der Waals surface area (Å²) in [5.74, 6) is 0. The molecule has 4 nitrogen and oxygen atoms in total. The van der Waals surface area contributed by atoms with E-state index in [1.807, 2.05) is 20.8 Å². The minimum Gasteiger partial charge on any atom is -0.374 e. The summed E-state index contributed by atoms with van der Waals surface area (Å²) in [7, 11) is -2.40. The van der Waals surface area contributed by atoms with Crippen LogP contribution in [-0.4, -0.2) is 34.8 Å². The van der Waals surface area contributed by atoms with Crippen LogP contribution in [0.15, 0.2) is 0 Å². The maximum Gasteiger partial charge on any atom is 0.501 e. The fourth-order valence-corrected chi connectivity index (χ4v) is 4.65. The minimum absolute atomic E-state index is 0.120. The average molecular weight is 238 g/mol. The van der Waals surface area contributed by atoms with Crippen molar-refractivity contribution in [2.24, 2.45) is 0 Å². The lowest BCUT2D eigenvalue weighted by molar-refractivity contribution is 0.0728. The highest BCUT2D eigenvalue weighted by Gasteiger charge is 2.39. The fraction of sp³-hybridized carbons (Fsp3) is 1.00. The molecule has 0 saturated heterocycles. The van der Waals surface area contributed by atoms with Crippen molar-refractivity contribution in [1.29, 1.82) is 0 Å². The van der Waals surface area contributed by atoms with Crippen molar-refractivity contribution >= 4 is 17.3 Å². The molecule has 0 spiro atoms. The summed E-state index contributed by atoms with van der Waals surface area (Å²) in [5.41, 5.74) is 0. The molecule has 0 aromatic rings. The van der Waals surface area contributed by atoms with Crippen molar-refractivity contribution in [3.05, 3.63) is 0 Å². The molecule has 0 aliphatic heterocycles. The number of rotatable bonds is 9. The summed E-state index contributed by atoms with van der Waals surface area (Å²) in [6.45, 7) is 7.45. The summed E-state index contributed by atoms with van der Waals surface area (Å²) < 4.78 is 27.1. The molecule has 0 bridgehead atoms. The average Bonchev–Trinajstić information content (AvgIpc) is 2.16. The lowest BCUT2D eigenvalue weighted by Crippen LogP contribution is -2.46. The third kappa shape index (κ3) is 5.17. The molecule has 0 radical (unpaired) electrons. The van der Waals surface area contributed by atoms with E-state index >= 15 is 0 Å². The quantitative estimate of drug-likeness (QED) is 0.457. The van der Waals surface area contributed by atoms with Crippen molar-refractivity contribution in [3.8, 4) is 0 Å². The second-order valence-electron chi connectivity index (χ2n) is 2.58. The van der Waals surface area contributed by atoms with Gasteiger partial charge in [0.15, 0.2) is 8.46 Å². The molecule has 14 heavy (non-hydrogen) atoms. The normalized spacial score (nSPS) is 12.2. The molecule has 0 N–H and O–H groups in total. The van der Waals surface area contributed by atoms with Gasteiger partial charge in [-0.3, -0.25) is 4.57 Å². The molecule has 0 aliphatic rings. The minimum atomic E-state index is -2.52. The van der Waals surface area contributed by atoms with E-state index < -0.39 is 8.80 Å². The van der Waals surface area contributed by atoms with Gasteiger partial charge in [0.25, 0.3) is 0 Å². The van der Waals surface area contributed by atoms with E-state index in [4.69, 9.17) is 13.3 Å². The summed E-state index contributed by atoms with van der Waals surface area (Å²) in [6.07, 6.45) is 0.534. The standard InChI is InChI=1S/C8H19O4PSi/c1-4-10-14(11-5-2,12-6-3)8-7-13-9/h4-8H2,1-3H3. The van der Waals surface area contributed by atoms with Crippen molar-refractivity contribution < 1.29 is 17.8 Å². The monoisotopic (exact) mass is 238 g/mol. The third-order valence-electron chi connectivity index (χ3n) is 1.60. The van der Waals surface area contributed by atoms with Gasteiger partial charge in [-0.2, -0.15) is 0 Å². The molecule has 0 amide bonds. The Kier molecular flexibility index (Phi) is 8.62. The fourth-order valence-electron chi connectivity index (χ4n) is 1.18. The van der Waals surface area contributed by atoms with Gasteiger partial charge < -0.3 is 13.3 Å². The molecular weight excluding hydrogens is 219 g/mol. The Hall–Kier alpha value is 0.197. The molecule has 0 heterocycles. The van der Waals surface area contributed by atoms with E-state index in [9.17, 15) is 4.57 Å². The van der Waals surface area contributed by atoms with Crippen molar-refractivity contribution in [2.45, 2.75) is 26.8 Å². The van der Waals surface area contributed by atoms with Crippen molar-refractivity contribution in [1.82, 2.24) is 0 Å². The highest BCUT2D eigenvalue weighted by atomic mass is 31.1. The van der Waals surface area contributed by atoms with Crippen LogP contribution in [0.25, 0.3) is 0 Å². The second-order valence-corrected chi connectivity index (χ2v) is 6.02. The lowest BCUT2D eigenvalue weighted by atomic mass is 10.9. The van der Waals surface area contributed by atoms with Gasteiger partial charge in [-0.25, -0.2) is 0 Å². The van der Waals surface area contributed by atoms with Gasteiger partial charge in [0, 0.05) is 32.0 Å². The van der Waals surface area contributed by atoms with Gasteiger partial charge in [0.2, 0.25) is 0 Å². The maximum atomic E-state index is 10.4. The van der Waals surface area contributed by atoms with Crippen LogP contribution in [0.2, 0.25) is 6.04 Å². The Morgan fingerprint density at radius 3 is 1.71 bits per heavy atom. The highest BCUT2D eigenvalue weighted by molar-refractivity contribution is 7.24. The topological polar surface area (TPSA) is 44.8 Å². The van der Waals surface area contributed by atoms with Crippen LogP contribution in [0.3, 0.4) is 0 Å². The van der Waals surface area contributed by atoms with E-state index in [1.54, 1.807) is 0 Å². The van der Waals surface area contributed by atoms with E-state index in [0.29, 0.717) is 32.0 Å². The molecule has 0 rings (SSSR count). The Bertz CT molecular complexity index is 139. The van der Waals surface area contributed by atoms with Gasteiger partial charge in [0.1, 0.15) is 0 Å². The molecule has 0 aromatic carbocycles. The smallest absolute Gasteiger partial charge is 0.374 e. The number of hydrogen-bond acceptors (Lipinski definition) is 4. The van der Waals surface area contributed by atoms with Crippen molar-refractivity contribution in [3.63, 3.8) is 0 Å². The zero-order valence-electron chi connectivity index (χ0n) is 9.12. The van der Waals surface area contributed by atoms with Gasteiger partial charge >= 0.3 is 8.80 Å². The lowest BCUT2D eigenvalue weighted by Gasteiger charge is -2.27. The van der Waals surface area contributed by atoms with Crippen LogP contribution in [0.1, 0.15) is 20.8 Å². The van der Waals surface area contributed by atoms with Gasteiger partial charge in [-0.1, -0.05) is 0 Å². The van der Waals surface area contributed by atoms with E-state index in [2.05, 4.69) is 0 Å². The predicted molar refractivity (Wildman–Crippen MR) is 57.9 cm³/mol. The van der Waals surface area contributed by atoms with E-state index in [0.717, 1.165) is 0 Å². The van der Waals surface area contributed by atoms with Crippen LogP contribution in [0.5, 0.6) is 0 Å². The summed E-state index contributed by atoms with van der Waals surface area (Å²) in [6, 6.07) is 0.619. The Morgan fingerprint density at radius 2 is 1.43 bits per heavy atom. The Morgan fingerprint density at radius 1 is 1.00 bits per heavy atom. The molecule has 0 aliphatic carbocycles. The first-order valence-electron chi connectivity index (χ1n) is 4.95. The van der Waals surface area contributed by atoms with Crippen LogP contribution in [0, 0.1) is 0 Å². The summed E-state index contributed by atoms with van der Waals surface area (Å²) in [4.78, 5) is 0. The predicted octanol–water partition coefficient (Wildman–Crippen LogP) is 2.33. The van der Waals surface area contributed by atoms with Crippen LogP contribution in [-0.2, 0) is 17.8 Å². The van der Waals surface area contributed by atoms with Crippen molar-refractivity contribution in [2.75, 3.05) is 26.0 Å².